The maximum absolute atomic E-state index is 13.2. The fraction of sp³-hybridized carbons (Fsp3) is 0.667. The van der Waals surface area contributed by atoms with Crippen molar-refractivity contribution >= 4 is 23.3 Å². The fourth-order valence-corrected chi connectivity index (χ4v) is 3.72. The predicted molar refractivity (Wildman–Crippen MR) is 127 cm³/mol. The fourth-order valence-electron chi connectivity index (χ4n) is 3.72. The minimum Gasteiger partial charge on any atom is -0.377 e. The van der Waals surface area contributed by atoms with Crippen LogP contribution in [0.1, 0.15) is 59.4 Å². The number of hydrogen-bond acceptors (Lipinski definition) is 4. The summed E-state index contributed by atoms with van der Waals surface area (Å²) in [5.74, 6) is 0.128. The van der Waals surface area contributed by atoms with E-state index in [1.165, 1.54) is 0 Å². The van der Waals surface area contributed by atoms with Crippen molar-refractivity contribution in [2.24, 2.45) is 5.41 Å². The van der Waals surface area contributed by atoms with Gasteiger partial charge in [-0.15, -0.1) is 0 Å². The minimum absolute atomic E-state index is 0.0532. The number of rotatable bonds is 8. The molecule has 1 aromatic carbocycles. The third-order valence-corrected chi connectivity index (χ3v) is 5.08. The lowest BCUT2D eigenvalue weighted by molar-refractivity contribution is -0.135. The molecule has 174 valence electrons. The number of nitrogens with one attached hydrogen (secondary N) is 2. The van der Waals surface area contributed by atoms with Gasteiger partial charge in [-0.3, -0.25) is 4.79 Å². The summed E-state index contributed by atoms with van der Waals surface area (Å²) >= 11 is 0. The zero-order valence-corrected chi connectivity index (χ0v) is 20.2. The summed E-state index contributed by atoms with van der Waals surface area (Å²) in [7, 11) is 3.97. The van der Waals surface area contributed by atoms with Gasteiger partial charge in [-0.2, -0.15) is 0 Å². The van der Waals surface area contributed by atoms with Crippen molar-refractivity contribution in [3.8, 4) is 0 Å². The van der Waals surface area contributed by atoms with Gasteiger partial charge in [0.05, 0.1) is 6.10 Å². The first-order chi connectivity index (χ1) is 14.4. The van der Waals surface area contributed by atoms with Crippen LogP contribution in [0.25, 0.3) is 0 Å². The van der Waals surface area contributed by atoms with Crippen LogP contribution >= 0.6 is 0 Å². The Labute approximate surface area is 187 Å². The number of benzene rings is 1. The Morgan fingerprint density at radius 1 is 1.23 bits per heavy atom. The van der Waals surface area contributed by atoms with Crippen LogP contribution in [0.5, 0.6) is 0 Å². The summed E-state index contributed by atoms with van der Waals surface area (Å²) in [6.07, 6.45) is 2.59. The van der Waals surface area contributed by atoms with Gasteiger partial charge in [-0.1, -0.05) is 20.8 Å². The maximum Gasteiger partial charge on any atom is 0.319 e. The van der Waals surface area contributed by atoms with Crippen LogP contribution < -0.4 is 15.5 Å². The number of hydrogen-bond donors (Lipinski definition) is 2. The molecule has 0 bridgehead atoms. The van der Waals surface area contributed by atoms with E-state index in [-0.39, 0.29) is 29.5 Å². The molecular formula is C24H40N4O3. The predicted octanol–water partition coefficient (Wildman–Crippen LogP) is 4.23. The first-order valence-electron chi connectivity index (χ1n) is 11.2. The Bertz CT molecular complexity index is 750. The van der Waals surface area contributed by atoms with Gasteiger partial charge in [0.2, 0.25) is 5.91 Å². The van der Waals surface area contributed by atoms with Crippen LogP contribution in [0, 0.1) is 5.41 Å². The summed E-state index contributed by atoms with van der Waals surface area (Å²) in [6.45, 7) is 11.9. The lowest BCUT2D eigenvalue weighted by Gasteiger charge is -2.30. The smallest absolute Gasteiger partial charge is 0.319 e. The Hall–Kier alpha value is -2.28. The second-order valence-corrected chi connectivity index (χ2v) is 10.1. The summed E-state index contributed by atoms with van der Waals surface area (Å²) in [5, 5.41) is 5.74. The zero-order chi connectivity index (χ0) is 23.2. The lowest BCUT2D eigenvalue weighted by Crippen LogP contribution is -2.39. The monoisotopic (exact) mass is 432 g/mol. The molecule has 1 unspecified atom stereocenters. The topological polar surface area (TPSA) is 73.9 Å². The lowest BCUT2D eigenvalue weighted by atomic mass is 9.91. The van der Waals surface area contributed by atoms with Crippen molar-refractivity contribution in [3.05, 3.63) is 23.8 Å². The van der Waals surface area contributed by atoms with Gasteiger partial charge in [0.25, 0.3) is 0 Å². The van der Waals surface area contributed by atoms with Crippen LogP contribution in [0.3, 0.4) is 0 Å². The number of ether oxygens (including phenoxy) is 1. The van der Waals surface area contributed by atoms with Crippen molar-refractivity contribution in [2.75, 3.05) is 37.5 Å². The average Bonchev–Trinajstić information content (AvgIpc) is 3.12. The molecule has 7 heteroatoms. The Morgan fingerprint density at radius 2 is 1.94 bits per heavy atom. The molecule has 0 aromatic heterocycles. The van der Waals surface area contributed by atoms with Gasteiger partial charge in [-0.25, -0.2) is 4.79 Å². The molecule has 1 atom stereocenters. The van der Waals surface area contributed by atoms with Crippen molar-refractivity contribution in [3.63, 3.8) is 0 Å². The molecule has 1 aromatic rings. The number of anilines is 2. The molecule has 1 aliphatic rings. The van der Waals surface area contributed by atoms with Gasteiger partial charge in [0.1, 0.15) is 0 Å². The van der Waals surface area contributed by atoms with E-state index in [4.69, 9.17) is 4.74 Å². The summed E-state index contributed by atoms with van der Waals surface area (Å²) in [6, 6.07) is 5.65. The quantitative estimate of drug-likeness (QED) is 0.645. The van der Waals surface area contributed by atoms with Gasteiger partial charge in [-0.05, 0) is 55.9 Å². The van der Waals surface area contributed by atoms with E-state index in [9.17, 15) is 9.59 Å². The number of nitrogens with zero attached hydrogens (tertiary/aromatic N) is 2. The minimum atomic E-state index is -0.237. The molecule has 1 saturated heterocycles. The number of urea groups is 1. The average molecular weight is 433 g/mol. The molecule has 31 heavy (non-hydrogen) atoms. The van der Waals surface area contributed by atoms with E-state index in [2.05, 4.69) is 31.4 Å². The van der Waals surface area contributed by atoms with Gasteiger partial charge < -0.3 is 25.2 Å². The van der Waals surface area contributed by atoms with Crippen molar-refractivity contribution in [1.29, 1.82) is 0 Å². The van der Waals surface area contributed by atoms with E-state index in [1.807, 2.05) is 55.9 Å². The first-order valence-corrected chi connectivity index (χ1v) is 11.2. The van der Waals surface area contributed by atoms with Crippen LogP contribution in [-0.4, -0.2) is 56.2 Å². The van der Waals surface area contributed by atoms with Crippen molar-refractivity contribution in [2.45, 2.75) is 72.6 Å². The summed E-state index contributed by atoms with van der Waals surface area (Å²) in [4.78, 5) is 29.3. The van der Waals surface area contributed by atoms with Crippen LogP contribution in [-0.2, 0) is 16.1 Å². The van der Waals surface area contributed by atoms with E-state index >= 15 is 0 Å². The highest BCUT2D eigenvalue weighted by molar-refractivity contribution is 5.90. The molecular weight excluding hydrogens is 392 g/mol. The third-order valence-electron chi connectivity index (χ3n) is 5.08. The number of carbonyl (C=O) groups excluding carboxylic acids is 2. The molecule has 0 saturated carbocycles. The normalized spacial score (nSPS) is 16.3. The van der Waals surface area contributed by atoms with E-state index in [0.29, 0.717) is 25.2 Å². The van der Waals surface area contributed by atoms with E-state index in [1.54, 1.807) is 0 Å². The molecule has 3 amide bonds. The summed E-state index contributed by atoms with van der Waals surface area (Å²) < 4.78 is 5.82. The molecule has 2 N–H and O–H groups in total. The van der Waals surface area contributed by atoms with Crippen LogP contribution in [0.4, 0.5) is 16.2 Å². The number of amides is 3. The van der Waals surface area contributed by atoms with Gasteiger partial charge >= 0.3 is 6.03 Å². The molecule has 1 aliphatic heterocycles. The standard InChI is InChI=1S/C24H40N4O3/c1-17(2)25-23(30)26-19-10-11-21(27(6)7)18(13-19)15-28(16-20-9-8-12-31-20)22(29)14-24(3,4)5/h10-11,13,17,20H,8-9,12,14-16H2,1-7H3,(H2,25,26,30). The van der Waals surface area contributed by atoms with Gasteiger partial charge in [0, 0.05) is 57.6 Å². The zero-order valence-electron chi connectivity index (χ0n) is 20.2. The highest BCUT2D eigenvalue weighted by Crippen LogP contribution is 2.27. The molecule has 2 rings (SSSR count). The second-order valence-electron chi connectivity index (χ2n) is 10.1. The van der Waals surface area contributed by atoms with E-state index in [0.717, 1.165) is 30.7 Å². The highest BCUT2D eigenvalue weighted by atomic mass is 16.5. The molecule has 0 radical (unpaired) electrons. The largest absolute Gasteiger partial charge is 0.377 e. The van der Waals surface area contributed by atoms with Crippen molar-refractivity contribution < 1.29 is 14.3 Å². The third kappa shape index (κ3) is 8.40. The molecule has 0 spiro atoms. The number of carbonyl (C=O) groups is 2. The van der Waals surface area contributed by atoms with Gasteiger partial charge in [0.15, 0.2) is 0 Å². The van der Waals surface area contributed by atoms with Crippen LogP contribution in [0.2, 0.25) is 0 Å². The SMILES string of the molecule is CC(C)NC(=O)Nc1ccc(N(C)C)c(CN(CC2CCCO2)C(=O)CC(C)(C)C)c1. The molecule has 1 heterocycles. The molecule has 1 fully saturated rings. The molecule has 0 aliphatic carbocycles. The molecule has 7 nitrogen and oxygen atoms in total. The Morgan fingerprint density at radius 3 is 2.48 bits per heavy atom. The Balaban J connectivity index is 2.27. The Kier molecular flexibility index (Phi) is 8.74. The first kappa shape index (κ1) is 25.0. The maximum atomic E-state index is 13.2. The summed E-state index contributed by atoms with van der Waals surface area (Å²) in [5.41, 5.74) is 2.64. The highest BCUT2D eigenvalue weighted by Gasteiger charge is 2.26. The second kappa shape index (κ2) is 10.8. The van der Waals surface area contributed by atoms with Crippen LogP contribution in [0.15, 0.2) is 18.2 Å². The van der Waals surface area contributed by atoms with E-state index < -0.39 is 0 Å². The van der Waals surface area contributed by atoms with Crippen molar-refractivity contribution in [1.82, 2.24) is 10.2 Å².